The molecule has 1 aliphatic carbocycles. The van der Waals surface area contributed by atoms with Gasteiger partial charge in [-0.2, -0.15) is 0 Å². The van der Waals surface area contributed by atoms with Crippen LogP contribution in [0.1, 0.15) is 43.9 Å². The number of hydrogen-bond acceptors (Lipinski definition) is 2. The van der Waals surface area contributed by atoms with Crippen LogP contribution >= 0.6 is 0 Å². The molecule has 0 heterocycles. The van der Waals surface area contributed by atoms with E-state index in [9.17, 15) is 9.18 Å². The molecule has 4 heteroatoms. The molecule has 0 aliphatic heterocycles. The van der Waals surface area contributed by atoms with Crippen LogP contribution in [0.4, 0.5) is 4.39 Å². The Kier molecular flexibility index (Phi) is 4.76. The number of fused-ring (bicyclic) bond motifs is 1. The molecule has 2 N–H and O–H groups in total. The Morgan fingerprint density at radius 1 is 1.45 bits per heavy atom. The molecular formula is C16H23FN2O. The number of aryl methyl sites for hydroxylation is 1. The summed E-state index contributed by atoms with van der Waals surface area (Å²) in [4.78, 5) is 12.0. The quantitative estimate of drug-likeness (QED) is 0.869. The maximum Gasteiger partial charge on any atom is 0.236 e. The van der Waals surface area contributed by atoms with Gasteiger partial charge in [-0.15, -0.1) is 0 Å². The summed E-state index contributed by atoms with van der Waals surface area (Å²) in [6.07, 6.45) is 2.59. The van der Waals surface area contributed by atoms with E-state index in [0.717, 1.165) is 30.4 Å². The van der Waals surface area contributed by atoms with Gasteiger partial charge in [-0.05, 0) is 48.4 Å². The van der Waals surface area contributed by atoms with E-state index < -0.39 is 0 Å². The number of benzene rings is 1. The first-order valence-electron chi connectivity index (χ1n) is 7.27. The first-order valence-corrected chi connectivity index (χ1v) is 7.27. The van der Waals surface area contributed by atoms with Crippen molar-refractivity contribution in [3.8, 4) is 0 Å². The molecule has 0 fully saturated rings. The summed E-state index contributed by atoms with van der Waals surface area (Å²) in [6, 6.07) is 4.89. The van der Waals surface area contributed by atoms with Crippen molar-refractivity contribution in [2.75, 3.05) is 7.05 Å². The number of hydrogen-bond donors (Lipinski definition) is 2. The Morgan fingerprint density at radius 3 is 2.85 bits per heavy atom. The summed E-state index contributed by atoms with van der Waals surface area (Å²) in [6.45, 7) is 4.21. The van der Waals surface area contributed by atoms with Gasteiger partial charge in [0.05, 0.1) is 6.04 Å². The highest BCUT2D eigenvalue weighted by molar-refractivity contribution is 5.81. The fourth-order valence-electron chi connectivity index (χ4n) is 2.90. The maximum atomic E-state index is 13.2. The van der Waals surface area contributed by atoms with Gasteiger partial charge in [0, 0.05) is 13.1 Å². The molecule has 1 amide bonds. The van der Waals surface area contributed by atoms with Gasteiger partial charge in [0.15, 0.2) is 0 Å². The summed E-state index contributed by atoms with van der Waals surface area (Å²) in [5.41, 5.74) is 2.19. The highest BCUT2D eigenvalue weighted by Crippen LogP contribution is 2.32. The molecule has 2 atom stereocenters. The Bertz CT molecular complexity index is 487. The molecule has 1 aromatic rings. The molecule has 2 unspecified atom stereocenters. The number of carbonyl (C=O) groups excluding carboxylic acids is 1. The zero-order valence-electron chi connectivity index (χ0n) is 12.4. The van der Waals surface area contributed by atoms with Crippen LogP contribution in [0.3, 0.4) is 0 Å². The molecule has 3 nitrogen and oxygen atoms in total. The normalized spacial score (nSPS) is 18.9. The van der Waals surface area contributed by atoms with Crippen LogP contribution in [0.15, 0.2) is 18.2 Å². The number of nitrogens with one attached hydrogen (secondary N) is 2. The lowest BCUT2D eigenvalue weighted by Gasteiger charge is -2.24. The predicted molar refractivity (Wildman–Crippen MR) is 77.9 cm³/mol. The largest absolute Gasteiger partial charge is 0.358 e. The smallest absolute Gasteiger partial charge is 0.236 e. The van der Waals surface area contributed by atoms with Crippen LogP contribution in [0, 0.1) is 11.7 Å². The molecule has 20 heavy (non-hydrogen) atoms. The van der Waals surface area contributed by atoms with Crippen molar-refractivity contribution in [3.63, 3.8) is 0 Å². The summed E-state index contributed by atoms with van der Waals surface area (Å²) < 4.78 is 13.2. The first-order chi connectivity index (χ1) is 9.51. The second kappa shape index (κ2) is 6.35. The molecule has 0 saturated heterocycles. The van der Waals surface area contributed by atoms with Gasteiger partial charge in [0.2, 0.25) is 5.91 Å². The van der Waals surface area contributed by atoms with E-state index in [0.29, 0.717) is 5.92 Å². The molecular weight excluding hydrogens is 255 g/mol. The van der Waals surface area contributed by atoms with Crippen LogP contribution in [-0.2, 0) is 11.2 Å². The van der Waals surface area contributed by atoms with Crippen molar-refractivity contribution in [2.24, 2.45) is 5.92 Å². The fourth-order valence-corrected chi connectivity index (χ4v) is 2.90. The van der Waals surface area contributed by atoms with Gasteiger partial charge in [0.1, 0.15) is 5.82 Å². The second-order valence-electron chi connectivity index (χ2n) is 5.90. The number of likely N-dealkylation sites (N-methyl/N-ethyl adjacent to an activating group) is 1. The lowest BCUT2D eigenvalue weighted by atomic mass is 10.0. The summed E-state index contributed by atoms with van der Waals surface area (Å²) in [5, 5.41) is 6.16. The van der Waals surface area contributed by atoms with Crippen molar-refractivity contribution in [1.82, 2.24) is 10.6 Å². The topological polar surface area (TPSA) is 41.1 Å². The number of amides is 1. The molecule has 2 rings (SSSR count). The number of rotatable bonds is 5. The van der Waals surface area contributed by atoms with Gasteiger partial charge in [0.25, 0.3) is 0 Å². The van der Waals surface area contributed by atoms with E-state index in [-0.39, 0.29) is 23.8 Å². The standard InChI is InChI=1S/C16H23FN2O/c1-10(2)8-15(16(20)18-3)19-14-7-4-11-9-12(17)5-6-13(11)14/h5-6,9-10,14-15,19H,4,7-8H2,1-3H3,(H,18,20). The Labute approximate surface area is 120 Å². The van der Waals surface area contributed by atoms with E-state index in [1.807, 2.05) is 6.07 Å². The van der Waals surface area contributed by atoms with Crippen molar-refractivity contribution in [2.45, 2.75) is 45.2 Å². The number of carbonyl (C=O) groups is 1. The third-order valence-corrected chi connectivity index (χ3v) is 3.86. The Balaban J connectivity index is 2.11. The minimum Gasteiger partial charge on any atom is -0.358 e. The molecule has 0 bridgehead atoms. The summed E-state index contributed by atoms with van der Waals surface area (Å²) in [7, 11) is 1.66. The fraction of sp³-hybridized carbons (Fsp3) is 0.562. The van der Waals surface area contributed by atoms with Gasteiger partial charge < -0.3 is 5.32 Å². The van der Waals surface area contributed by atoms with Gasteiger partial charge in [-0.3, -0.25) is 10.1 Å². The Hall–Kier alpha value is -1.42. The van der Waals surface area contributed by atoms with E-state index in [1.54, 1.807) is 13.1 Å². The van der Waals surface area contributed by atoms with E-state index in [2.05, 4.69) is 24.5 Å². The average molecular weight is 278 g/mol. The third-order valence-electron chi connectivity index (χ3n) is 3.86. The van der Waals surface area contributed by atoms with Gasteiger partial charge in [-0.25, -0.2) is 4.39 Å². The number of halogens is 1. The van der Waals surface area contributed by atoms with Gasteiger partial charge >= 0.3 is 0 Å². The average Bonchev–Trinajstić information content (AvgIpc) is 2.78. The lowest BCUT2D eigenvalue weighted by Crippen LogP contribution is -2.44. The zero-order valence-corrected chi connectivity index (χ0v) is 12.4. The minimum atomic E-state index is -0.194. The third kappa shape index (κ3) is 3.37. The van der Waals surface area contributed by atoms with Crippen molar-refractivity contribution in [1.29, 1.82) is 0 Å². The SMILES string of the molecule is CNC(=O)C(CC(C)C)NC1CCc2cc(F)ccc21. The highest BCUT2D eigenvalue weighted by Gasteiger charge is 2.28. The summed E-state index contributed by atoms with van der Waals surface area (Å²) >= 11 is 0. The van der Waals surface area contributed by atoms with Crippen molar-refractivity contribution < 1.29 is 9.18 Å². The zero-order chi connectivity index (χ0) is 14.7. The van der Waals surface area contributed by atoms with Crippen molar-refractivity contribution in [3.05, 3.63) is 35.1 Å². The molecule has 1 aromatic carbocycles. The Morgan fingerprint density at radius 2 is 2.20 bits per heavy atom. The molecule has 0 aromatic heterocycles. The van der Waals surface area contributed by atoms with Crippen LogP contribution < -0.4 is 10.6 Å². The van der Waals surface area contributed by atoms with E-state index in [1.165, 1.54) is 6.07 Å². The maximum absolute atomic E-state index is 13.2. The van der Waals surface area contributed by atoms with Crippen LogP contribution in [0.25, 0.3) is 0 Å². The van der Waals surface area contributed by atoms with Crippen LogP contribution in [0.2, 0.25) is 0 Å². The van der Waals surface area contributed by atoms with E-state index >= 15 is 0 Å². The summed E-state index contributed by atoms with van der Waals surface area (Å²) in [5.74, 6) is 0.280. The minimum absolute atomic E-state index is 0.0225. The van der Waals surface area contributed by atoms with Gasteiger partial charge in [-0.1, -0.05) is 19.9 Å². The molecule has 0 saturated carbocycles. The molecule has 0 spiro atoms. The molecule has 0 radical (unpaired) electrons. The van der Waals surface area contributed by atoms with Crippen LogP contribution in [-0.4, -0.2) is 19.0 Å². The first kappa shape index (κ1) is 15.0. The molecule has 1 aliphatic rings. The lowest BCUT2D eigenvalue weighted by molar-refractivity contribution is -0.123. The predicted octanol–water partition coefficient (Wildman–Crippen LogP) is 2.56. The highest BCUT2D eigenvalue weighted by atomic mass is 19.1. The molecule has 110 valence electrons. The van der Waals surface area contributed by atoms with Crippen LogP contribution in [0.5, 0.6) is 0 Å². The van der Waals surface area contributed by atoms with Crippen molar-refractivity contribution >= 4 is 5.91 Å². The monoisotopic (exact) mass is 278 g/mol. The van der Waals surface area contributed by atoms with E-state index in [4.69, 9.17) is 0 Å². The second-order valence-corrected chi connectivity index (χ2v) is 5.90.